The fourth-order valence-electron chi connectivity index (χ4n) is 3.66. The first kappa shape index (κ1) is 25.6. The number of benzene rings is 2. The quantitative estimate of drug-likeness (QED) is 0.545. The minimum absolute atomic E-state index is 0.0749. The predicted molar refractivity (Wildman–Crippen MR) is 132 cm³/mol. The number of sulfone groups is 1. The van der Waals surface area contributed by atoms with Crippen LogP contribution in [0.3, 0.4) is 0 Å². The summed E-state index contributed by atoms with van der Waals surface area (Å²) >= 11 is 6.46. The van der Waals surface area contributed by atoms with Crippen molar-refractivity contribution in [2.75, 3.05) is 5.32 Å². The van der Waals surface area contributed by atoms with E-state index in [0.717, 1.165) is 23.3 Å². The van der Waals surface area contributed by atoms with E-state index in [1.807, 2.05) is 13.8 Å². The van der Waals surface area contributed by atoms with Gasteiger partial charge in [-0.05, 0) is 50.1 Å². The molecule has 3 amide bonds. The topological polar surface area (TPSA) is 113 Å². The van der Waals surface area contributed by atoms with Crippen LogP contribution >= 0.6 is 11.6 Å². The Hall–Kier alpha value is -3.04. The minimum Gasteiger partial charge on any atom is -0.351 e. The van der Waals surface area contributed by atoms with Crippen molar-refractivity contribution in [3.8, 4) is 0 Å². The molecule has 0 bridgehead atoms. The molecule has 1 atom stereocenters. The molecule has 2 aromatic rings. The van der Waals surface area contributed by atoms with Crippen LogP contribution in [0.25, 0.3) is 0 Å². The molecule has 2 aromatic carbocycles. The van der Waals surface area contributed by atoms with Crippen LogP contribution in [0, 0.1) is 6.92 Å². The van der Waals surface area contributed by atoms with Gasteiger partial charge in [-0.25, -0.2) is 13.2 Å². The monoisotopic (exact) mass is 504 g/mol. The molecule has 1 unspecified atom stereocenters. The summed E-state index contributed by atoms with van der Waals surface area (Å²) in [7, 11) is -3.98. The summed E-state index contributed by atoms with van der Waals surface area (Å²) in [5.74, 6) is -0.0789. The van der Waals surface area contributed by atoms with Gasteiger partial charge in [0, 0.05) is 29.9 Å². The van der Waals surface area contributed by atoms with Gasteiger partial charge in [0.15, 0.2) is 5.03 Å². The molecule has 34 heavy (non-hydrogen) atoms. The Balaban J connectivity index is 1.85. The van der Waals surface area contributed by atoms with E-state index in [9.17, 15) is 18.0 Å². The number of amides is 3. The number of anilines is 1. The molecule has 182 valence electrons. The number of hydrogen-bond donors (Lipinski definition) is 2. The largest absolute Gasteiger partial charge is 0.351 e. The fraction of sp³-hybridized carbons (Fsp3) is 0.333. The molecule has 3 N–H and O–H groups in total. The average molecular weight is 505 g/mol. The molecule has 1 aliphatic rings. The van der Waals surface area contributed by atoms with E-state index in [1.54, 1.807) is 42.2 Å². The minimum atomic E-state index is -3.98. The second-order valence-electron chi connectivity index (χ2n) is 8.25. The molecular weight excluding hydrogens is 476 g/mol. The third-order valence-corrected chi connectivity index (χ3v) is 7.76. The van der Waals surface area contributed by atoms with E-state index in [1.165, 1.54) is 18.3 Å². The summed E-state index contributed by atoms with van der Waals surface area (Å²) in [6.07, 6.45) is 2.95. The number of halogens is 1. The Morgan fingerprint density at radius 1 is 1.15 bits per heavy atom. The third-order valence-electron chi connectivity index (χ3n) is 5.66. The number of nitrogens with two attached hydrogens (primary N) is 1. The molecular formula is C24H29ClN4O4S. The molecule has 0 spiro atoms. The molecule has 3 rings (SSSR count). The summed E-state index contributed by atoms with van der Waals surface area (Å²) < 4.78 is 26.6. The first-order valence-corrected chi connectivity index (χ1v) is 12.9. The zero-order valence-corrected chi connectivity index (χ0v) is 21.0. The van der Waals surface area contributed by atoms with Gasteiger partial charge in [-0.2, -0.15) is 0 Å². The van der Waals surface area contributed by atoms with Crippen molar-refractivity contribution in [1.82, 2.24) is 9.80 Å². The molecule has 10 heteroatoms. The maximum atomic E-state index is 13.3. The molecule has 0 aliphatic carbocycles. The number of nitrogens with one attached hydrogen (secondary N) is 1. The van der Waals surface area contributed by atoms with Crippen molar-refractivity contribution >= 4 is 39.1 Å². The van der Waals surface area contributed by atoms with E-state index in [-0.39, 0.29) is 22.4 Å². The summed E-state index contributed by atoms with van der Waals surface area (Å²) in [5.41, 5.74) is 7.76. The van der Waals surface area contributed by atoms with Gasteiger partial charge in [0.05, 0.1) is 4.90 Å². The zero-order valence-electron chi connectivity index (χ0n) is 19.4. The van der Waals surface area contributed by atoms with E-state index in [4.69, 9.17) is 17.3 Å². The van der Waals surface area contributed by atoms with Crippen LogP contribution < -0.4 is 11.1 Å². The van der Waals surface area contributed by atoms with E-state index in [2.05, 4.69) is 5.32 Å². The van der Waals surface area contributed by atoms with Crippen molar-refractivity contribution < 1.29 is 18.0 Å². The molecule has 1 aliphatic heterocycles. The molecule has 0 radical (unpaired) electrons. The van der Waals surface area contributed by atoms with Crippen LogP contribution in [-0.4, -0.2) is 36.3 Å². The fourth-order valence-corrected chi connectivity index (χ4v) is 5.41. The van der Waals surface area contributed by atoms with Crippen LogP contribution in [0.5, 0.6) is 0 Å². The van der Waals surface area contributed by atoms with E-state index >= 15 is 0 Å². The molecule has 0 saturated heterocycles. The van der Waals surface area contributed by atoms with E-state index in [0.29, 0.717) is 22.7 Å². The summed E-state index contributed by atoms with van der Waals surface area (Å²) in [4.78, 5) is 27.0. The van der Waals surface area contributed by atoms with Crippen LogP contribution in [0.4, 0.5) is 10.5 Å². The second-order valence-corrected chi connectivity index (χ2v) is 10.6. The maximum absolute atomic E-state index is 13.3. The highest BCUT2D eigenvalue weighted by molar-refractivity contribution is 7.95. The predicted octanol–water partition coefficient (Wildman–Crippen LogP) is 4.59. The standard InChI is InChI=1S/C24H29ClN4O4S/c1-4-5-6-22(30)27-19-10-9-18(21(25)13-19)14-28-15-23(29(17(28)3)24(26)31)34(32,33)20-11-7-16(2)8-12-20/h7-13,15,17H,4-6,14H2,1-3H3,(H2,26,31)(H,27,30). The Morgan fingerprint density at radius 2 is 1.82 bits per heavy atom. The number of carbonyl (C=O) groups is 2. The smallest absolute Gasteiger partial charge is 0.321 e. The highest BCUT2D eigenvalue weighted by Gasteiger charge is 2.39. The third kappa shape index (κ3) is 5.53. The van der Waals surface area contributed by atoms with Gasteiger partial charge in [-0.3, -0.25) is 9.69 Å². The number of primary amides is 1. The van der Waals surface area contributed by atoms with Crippen LogP contribution in [0.2, 0.25) is 5.02 Å². The lowest BCUT2D eigenvalue weighted by Crippen LogP contribution is -2.44. The number of urea groups is 1. The molecule has 0 saturated carbocycles. The van der Waals surface area contributed by atoms with E-state index < -0.39 is 22.0 Å². The Bertz CT molecular complexity index is 1210. The summed E-state index contributed by atoms with van der Waals surface area (Å²) in [5, 5.41) is 3.04. The van der Waals surface area contributed by atoms with Crippen molar-refractivity contribution in [3.05, 3.63) is 69.8 Å². The Kier molecular flexibility index (Phi) is 7.89. The number of hydrogen-bond acceptors (Lipinski definition) is 5. The number of rotatable bonds is 8. The number of aryl methyl sites for hydroxylation is 1. The Labute approximate surface area is 205 Å². The summed E-state index contributed by atoms with van der Waals surface area (Å²) in [6.45, 7) is 5.80. The Morgan fingerprint density at radius 3 is 2.41 bits per heavy atom. The van der Waals surface area contributed by atoms with Gasteiger partial charge in [0.1, 0.15) is 6.17 Å². The number of unbranched alkanes of at least 4 members (excludes halogenated alkanes) is 1. The summed E-state index contributed by atoms with van der Waals surface area (Å²) in [6, 6.07) is 10.7. The first-order chi connectivity index (χ1) is 16.0. The molecule has 0 aromatic heterocycles. The van der Waals surface area contributed by atoms with Crippen molar-refractivity contribution in [3.63, 3.8) is 0 Å². The highest BCUT2D eigenvalue weighted by atomic mass is 35.5. The van der Waals surface area contributed by atoms with Gasteiger partial charge in [-0.1, -0.05) is 48.7 Å². The van der Waals surface area contributed by atoms with Crippen molar-refractivity contribution in [1.29, 1.82) is 0 Å². The van der Waals surface area contributed by atoms with Crippen molar-refractivity contribution in [2.24, 2.45) is 5.73 Å². The lowest BCUT2D eigenvalue weighted by molar-refractivity contribution is -0.116. The van der Waals surface area contributed by atoms with Crippen LogP contribution in [0.1, 0.15) is 44.2 Å². The normalized spacial score (nSPS) is 15.9. The van der Waals surface area contributed by atoms with Gasteiger partial charge >= 0.3 is 6.03 Å². The SMILES string of the molecule is CCCCC(=O)Nc1ccc(CN2C=C(S(=O)(=O)c3ccc(C)cc3)N(C(N)=O)C2C)c(Cl)c1. The molecule has 0 fully saturated rings. The number of nitrogens with zero attached hydrogens (tertiary/aromatic N) is 2. The number of carbonyl (C=O) groups excluding carboxylic acids is 2. The lowest BCUT2D eigenvalue weighted by Gasteiger charge is -2.28. The highest BCUT2D eigenvalue weighted by Crippen LogP contribution is 2.33. The van der Waals surface area contributed by atoms with Gasteiger partial charge in [0.2, 0.25) is 15.7 Å². The van der Waals surface area contributed by atoms with Gasteiger partial charge in [0.25, 0.3) is 0 Å². The second kappa shape index (κ2) is 10.5. The zero-order chi connectivity index (χ0) is 25.0. The van der Waals surface area contributed by atoms with Crippen LogP contribution in [0.15, 0.2) is 58.6 Å². The van der Waals surface area contributed by atoms with Crippen molar-refractivity contribution in [2.45, 2.75) is 57.6 Å². The molecule has 1 heterocycles. The van der Waals surface area contributed by atoms with Gasteiger partial charge < -0.3 is 16.0 Å². The maximum Gasteiger partial charge on any atom is 0.321 e. The lowest BCUT2D eigenvalue weighted by atomic mass is 10.1. The van der Waals surface area contributed by atoms with Gasteiger partial charge in [-0.15, -0.1) is 0 Å². The average Bonchev–Trinajstić information content (AvgIpc) is 3.11. The first-order valence-electron chi connectivity index (χ1n) is 11.0. The molecule has 8 nitrogen and oxygen atoms in total. The van der Waals surface area contributed by atoms with Crippen LogP contribution in [-0.2, 0) is 21.2 Å².